The number of phenols is 2. The summed E-state index contributed by atoms with van der Waals surface area (Å²) in [7, 11) is 0. The number of nitrogen functional groups attached to an aromatic ring is 2. The van der Waals surface area contributed by atoms with E-state index in [4.69, 9.17) is 11.5 Å². The molecule has 31 heavy (non-hydrogen) atoms. The number of benzene rings is 2. The Morgan fingerprint density at radius 3 is 2.03 bits per heavy atom. The van der Waals surface area contributed by atoms with Crippen LogP contribution in [-0.4, -0.2) is 10.2 Å². The average Bonchev–Trinajstić information content (AvgIpc) is 2.91. The molecule has 5 unspecified atom stereocenters. The summed E-state index contributed by atoms with van der Waals surface area (Å²) < 4.78 is 0. The summed E-state index contributed by atoms with van der Waals surface area (Å²) in [5.74, 6) is 3.19. The molecule has 3 bridgehead atoms. The molecule has 0 aromatic heterocycles. The molecule has 0 saturated heterocycles. The Morgan fingerprint density at radius 2 is 1.35 bits per heavy atom. The van der Waals surface area contributed by atoms with Crippen LogP contribution in [-0.2, 0) is 5.41 Å². The molecule has 0 aliphatic heterocycles. The Hall–Kier alpha value is -2.36. The summed E-state index contributed by atoms with van der Waals surface area (Å²) in [4.78, 5) is 0. The lowest BCUT2D eigenvalue weighted by atomic mass is 9.64. The van der Waals surface area contributed by atoms with E-state index >= 15 is 0 Å². The van der Waals surface area contributed by atoms with Crippen LogP contribution in [0.15, 0.2) is 12.1 Å². The Kier molecular flexibility index (Phi) is 4.52. The van der Waals surface area contributed by atoms with E-state index in [2.05, 4.69) is 26.0 Å². The quantitative estimate of drug-likeness (QED) is 0.368. The van der Waals surface area contributed by atoms with Gasteiger partial charge in [0.1, 0.15) is 11.5 Å². The highest BCUT2D eigenvalue weighted by molar-refractivity contribution is 5.65. The maximum atomic E-state index is 10.3. The second-order valence-corrected chi connectivity index (χ2v) is 11.0. The van der Waals surface area contributed by atoms with Gasteiger partial charge in [0, 0.05) is 0 Å². The maximum Gasteiger partial charge on any atom is 0.141 e. The van der Waals surface area contributed by atoms with Crippen molar-refractivity contribution < 1.29 is 10.2 Å². The van der Waals surface area contributed by atoms with E-state index in [0.717, 1.165) is 28.2 Å². The number of anilines is 2. The normalized spacial score (nSPS) is 31.7. The van der Waals surface area contributed by atoms with Crippen LogP contribution in [0.4, 0.5) is 11.4 Å². The van der Waals surface area contributed by atoms with Gasteiger partial charge < -0.3 is 21.7 Å². The Morgan fingerprint density at radius 1 is 0.774 bits per heavy atom. The second-order valence-electron chi connectivity index (χ2n) is 11.0. The molecule has 2 aromatic rings. The summed E-state index contributed by atoms with van der Waals surface area (Å²) in [6.07, 6.45) is 7.43. The van der Waals surface area contributed by atoms with Crippen molar-refractivity contribution in [3.8, 4) is 11.5 Å². The number of nitrogens with two attached hydrogens (primary N) is 2. The van der Waals surface area contributed by atoms with Crippen molar-refractivity contribution in [3.63, 3.8) is 0 Å². The highest BCUT2D eigenvalue weighted by atomic mass is 16.3. The first-order chi connectivity index (χ1) is 14.6. The van der Waals surface area contributed by atoms with Gasteiger partial charge in [-0.1, -0.05) is 12.1 Å². The van der Waals surface area contributed by atoms with Gasteiger partial charge in [-0.15, -0.1) is 0 Å². The van der Waals surface area contributed by atoms with Gasteiger partial charge in [0.2, 0.25) is 0 Å². The highest BCUT2D eigenvalue weighted by Crippen LogP contribution is 2.63. The zero-order valence-electron chi connectivity index (χ0n) is 19.3. The van der Waals surface area contributed by atoms with Crippen molar-refractivity contribution >= 4 is 11.4 Å². The van der Waals surface area contributed by atoms with E-state index in [0.29, 0.717) is 29.1 Å². The highest BCUT2D eigenvalue weighted by Gasteiger charge is 2.54. The van der Waals surface area contributed by atoms with Gasteiger partial charge in [0.25, 0.3) is 0 Å². The van der Waals surface area contributed by atoms with Crippen molar-refractivity contribution in [2.45, 2.75) is 77.6 Å². The van der Waals surface area contributed by atoms with E-state index < -0.39 is 0 Å². The summed E-state index contributed by atoms with van der Waals surface area (Å²) in [6, 6.07) is 4.40. The molecule has 3 fully saturated rings. The number of hydrogen-bond donors (Lipinski definition) is 4. The van der Waals surface area contributed by atoms with Crippen LogP contribution in [0.1, 0.15) is 77.8 Å². The van der Waals surface area contributed by atoms with E-state index in [1.807, 2.05) is 13.8 Å². The fourth-order valence-electron chi connectivity index (χ4n) is 7.69. The van der Waals surface area contributed by atoms with Crippen LogP contribution >= 0.6 is 0 Å². The molecule has 0 amide bonds. The van der Waals surface area contributed by atoms with Gasteiger partial charge in [0.15, 0.2) is 0 Å². The Labute approximate surface area is 185 Å². The predicted octanol–water partition coefficient (Wildman–Crippen LogP) is 5.75. The molecule has 2 aromatic carbocycles. The van der Waals surface area contributed by atoms with Crippen molar-refractivity contribution in [3.05, 3.63) is 45.5 Å². The first kappa shape index (κ1) is 20.5. The first-order valence-corrected chi connectivity index (χ1v) is 11.8. The minimum Gasteiger partial charge on any atom is -0.506 e. The third-order valence-electron chi connectivity index (χ3n) is 9.14. The molecule has 4 nitrogen and oxygen atoms in total. The lowest BCUT2D eigenvalue weighted by Gasteiger charge is -2.41. The average molecular weight is 421 g/mol. The van der Waals surface area contributed by atoms with Crippen LogP contribution < -0.4 is 11.5 Å². The van der Waals surface area contributed by atoms with Gasteiger partial charge in [-0.25, -0.2) is 0 Å². The lowest BCUT2D eigenvalue weighted by Crippen LogP contribution is -2.32. The molecule has 3 aliphatic carbocycles. The summed E-state index contributed by atoms with van der Waals surface area (Å²) in [5.41, 5.74) is 20.5. The van der Waals surface area contributed by atoms with Gasteiger partial charge in [-0.2, -0.15) is 0 Å². The number of fused-ring (bicyclic) bond motifs is 2. The monoisotopic (exact) mass is 420 g/mol. The third-order valence-corrected chi connectivity index (χ3v) is 9.14. The molecular weight excluding hydrogens is 384 g/mol. The second kappa shape index (κ2) is 6.82. The van der Waals surface area contributed by atoms with Gasteiger partial charge >= 0.3 is 0 Å². The topological polar surface area (TPSA) is 92.5 Å². The number of aromatic hydroxyl groups is 2. The van der Waals surface area contributed by atoms with Crippen molar-refractivity contribution in [1.29, 1.82) is 0 Å². The smallest absolute Gasteiger partial charge is 0.141 e. The molecule has 3 saturated carbocycles. The fraction of sp³-hybridized carbons (Fsp3) is 0.556. The summed E-state index contributed by atoms with van der Waals surface area (Å²) in [6.45, 7) is 8.08. The minimum absolute atomic E-state index is 0.207. The molecule has 6 N–H and O–H groups in total. The molecule has 5 atom stereocenters. The largest absolute Gasteiger partial charge is 0.506 e. The minimum atomic E-state index is 0.207. The molecule has 5 rings (SSSR count). The van der Waals surface area contributed by atoms with E-state index in [1.165, 1.54) is 49.7 Å². The molecule has 0 radical (unpaired) electrons. The molecule has 0 spiro atoms. The lowest BCUT2D eigenvalue weighted by molar-refractivity contribution is 0.213. The SMILES string of the molecule is Cc1cc(C2CC3CC4CC(c5cc(C)c(O)c(N)c5C)(C3)CC4C2)c(C)c(N)c1O. The molecule has 166 valence electrons. The Bertz CT molecular complexity index is 1070. The van der Waals surface area contributed by atoms with Crippen LogP contribution in [0.5, 0.6) is 11.5 Å². The van der Waals surface area contributed by atoms with Crippen LogP contribution in [0.2, 0.25) is 0 Å². The van der Waals surface area contributed by atoms with Crippen LogP contribution in [0.25, 0.3) is 0 Å². The Balaban J connectivity index is 1.52. The molecule has 0 heterocycles. The van der Waals surface area contributed by atoms with Crippen molar-refractivity contribution in [1.82, 2.24) is 0 Å². The van der Waals surface area contributed by atoms with Gasteiger partial charge in [0.05, 0.1) is 11.4 Å². The van der Waals surface area contributed by atoms with Crippen molar-refractivity contribution in [2.75, 3.05) is 11.5 Å². The van der Waals surface area contributed by atoms with Gasteiger partial charge in [-0.3, -0.25) is 0 Å². The fourth-order valence-corrected chi connectivity index (χ4v) is 7.69. The van der Waals surface area contributed by atoms with Crippen molar-refractivity contribution in [2.24, 2.45) is 17.8 Å². The maximum absolute atomic E-state index is 10.3. The van der Waals surface area contributed by atoms with Crippen LogP contribution in [0.3, 0.4) is 0 Å². The number of rotatable bonds is 2. The number of aryl methyl sites for hydroxylation is 2. The van der Waals surface area contributed by atoms with Crippen LogP contribution in [0, 0.1) is 45.4 Å². The standard InChI is InChI=1S/C27H36N2O2/c1-13-5-21(15(3)23(28)25(13)30)18-7-17-8-19-11-27(10-17,12-20(19)9-18)22-6-14(2)26(31)24(29)16(22)4/h5-6,17-20,30-31H,7-12,28-29H2,1-4H3. The third kappa shape index (κ3) is 2.94. The van der Waals surface area contributed by atoms with Gasteiger partial charge in [-0.05, 0) is 129 Å². The van der Waals surface area contributed by atoms with E-state index in [9.17, 15) is 10.2 Å². The molecule has 4 heteroatoms. The predicted molar refractivity (Wildman–Crippen MR) is 127 cm³/mol. The number of phenolic OH excluding ortho intramolecular Hbond substituents is 2. The number of hydrogen-bond acceptors (Lipinski definition) is 4. The summed E-state index contributed by atoms with van der Waals surface area (Å²) in [5, 5.41) is 20.6. The zero-order chi connectivity index (χ0) is 22.2. The first-order valence-electron chi connectivity index (χ1n) is 11.8. The zero-order valence-corrected chi connectivity index (χ0v) is 19.3. The molecular formula is C27H36N2O2. The van der Waals surface area contributed by atoms with E-state index in [-0.39, 0.29) is 16.9 Å². The molecule has 3 aliphatic rings. The summed E-state index contributed by atoms with van der Waals surface area (Å²) >= 11 is 0. The van der Waals surface area contributed by atoms with E-state index in [1.54, 1.807) is 0 Å².